The van der Waals surface area contributed by atoms with Crippen LogP contribution in [0.3, 0.4) is 0 Å². The van der Waals surface area contributed by atoms with E-state index in [1.807, 2.05) is 31.1 Å². The van der Waals surface area contributed by atoms with Crippen LogP contribution >= 0.6 is 0 Å². The van der Waals surface area contributed by atoms with Crippen molar-refractivity contribution in [1.82, 2.24) is 0 Å². The molecule has 0 heterocycles. The van der Waals surface area contributed by atoms with Crippen molar-refractivity contribution in [2.45, 2.75) is 0 Å². The summed E-state index contributed by atoms with van der Waals surface area (Å²) in [6.45, 7) is -0.381. The summed E-state index contributed by atoms with van der Waals surface area (Å²) in [5, 5.41) is 2.68. The molecule has 28 heavy (non-hydrogen) atoms. The Morgan fingerprint density at radius 3 is 2.36 bits per heavy atom. The maximum atomic E-state index is 11.9. The molecule has 7 heteroatoms. The summed E-state index contributed by atoms with van der Waals surface area (Å²) < 4.78 is 15.4. The van der Waals surface area contributed by atoms with Crippen molar-refractivity contribution in [3.8, 4) is 11.5 Å². The highest BCUT2D eigenvalue weighted by molar-refractivity contribution is 5.94. The summed E-state index contributed by atoms with van der Waals surface area (Å²) in [6.07, 6.45) is 2.78. The van der Waals surface area contributed by atoms with E-state index in [9.17, 15) is 9.59 Å². The fraction of sp³-hybridized carbons (Fsp3) is 0.238. The lowest BCUT2D eigenvalue weighted by atomic mass is 10.1. The summed E-state index contributed by atoms with van der Waals surface area (Å²) in [6, 6.07) is 12.5. The van der Waals surface area contributed by atoms with E-state index >= 15 is 0 Å². The standard InChI is InChI=1S/C21H24N2O5/c1-23(2)17-8-6-16(7-9-17)22-20(24)14-28-21(25)12-5-15-13-18(26-3)10-11-19(15)27-4/h5-13H,14H2,1-4H3,(H,22,24)/b12-5+. The molecule has 0 unspecified atom stereocenters. The topological polar surface area (TPSA) is 77.1 Å². The van der Waals surface area contributed by atoms with Crippen LogP contribution in [0, 0.1) is 0 Å². The molecular formula is C21H24N2O5. The van der Waals surface area contributed by atoms with Gasteiger partial charge in [0, 0.05) is 37.1 Å². The SMILES string of the molecule is COc1ccc(OC)c(/C=C/C(=O)OCC(=O)Nc2ccc(N(C)C)cc2)c1. The molecule has 0 bridgehead atoms. The van der Waals surface area contributed by atoms with E-state index < -0.39 is 11.9 Å². The molecule has 0 aromatic heterocycles. The third-order valence-electron chi connectivity index (χ3n) is 3.85. The van der Waals surface area contributed by atoms with Gasteiger partial charge in [-0.15, -0.1) is 0 Å². The van der Waals surface area contributed by atoms with Gasteiger partial charge in [-0.1, -0.05) is 0 Å². The van der Waals surface area contributed by atoms with Gasteiger partial charge in [-0.2, -0.15) is 0 Å². The number of rotatable bonds is 8. The predicted octanol–water partition coefficient (Wildman–Crippen LogP) is 2.96. The minimum absolute atomic E-state index is 0.381. The van der Waals surface area contributed by atoms with E-state index in [1.165, 1.54) is 13.2 Å². The van der Waals surface area contributed by atoms with Crippen LogP contribution in [0.5, 0.6) is 11.5 Å². The first-order chi connectivity index (χ1) is 13.4. The van der Waals surface area contributed by atoms with Crippen LogP contribution in [0.1, 0.15) is 5.56 Å². The van der Waals surface area contributed by atoms with Crippen molar-refractivity contribution in [1.29, 1.82) is 0 Å². The van der Waals surface area contributed by atoms with Crippen LogP contribution in [0.25, 0.3) is 6.08 Å². The van der Waals surface area contributed by atoms with Gasteiger partial charge in [0.15, 0.2) is 6.61 Å². The highest BCUT2D eigenvalue weighted by Gasteiger charge is 2.07. The Kier molecular flexibility index (Phi) is 7.45. The Bertz CT molecular complexity index is 844. The Labute approximate surface area is 164 Å². The number of anilines is 2. The molecule has 0 aliphatic rings. The third-order valence-corrected chi connectivity index (χ3v) is 3.85. The van der Waals surface area contributed by atoms with Gasteiger partial charge in [0.05, 0.1) is 14.2 Å². The summed E-state index contributed by atoms with van der Waals surface area (Å²) in [4.78, 5) is 25.8. The van der Waals surface area contributed by atoms with Gasteiger partial charge < -0.3 is 24.4 Å². The number of methoxy groups -OCH3 is 2. The lowest BCUT2D eigenvalue weighted by Crippen LogP contribution is -2.20. The first kappa shape index (κ1) is 20.8. The molecular weight excluding hydrogens is 360 g/mol. The van der Waals surface area contributed by atoms with Crippen LogP contribution in [0.15, 0.2) is 48.5 Å². The van der Waals surface area contributed by atoms with Crippen molar-refractivity contribution < 1.29 is 23.8 Å². The van der Waals surface area contributed by atoms with E-state index in [0.29, 0.717) is 22.7 Å². The van der Waals surface area contributed by atoms with Crippen LogP contribution < -0.4 is 19.7 Å². The lowest BCUT2D eigenvalue weighted by molar-refractivity contribution is -0.142. The molecule has 0 saturated heterocycles. The molecule has 7 nitrogen and oxygen atoms in total. The van der Waals surface area contributed by atoms with Crippen molar-refractivity contribution in [2.75, 3.05) is 45.1 Å². The zero-order chi connectivity index (χ0) is 20.5. The average Bonchev–Trinajstić information content (AvgIpc) is 2.70. The second-order valence-electron chi connectivity index (χ2n) is 6.04. The number of hydrogen-bond donors (Lipinski definition) is 1. The number of benzene rings is 2. The smallest absolute Gasteiger partial charge is 0.331 e. The highest BCUT2D eigenvalue weighted by Crippen LogP contribution is 2.25. The zero-order valence-corrected chi connectivity index (χ0v) is 16.4. The average molecular weight is 384 g/mol. The van der Waals surface area contributed by atoms with Crippen LogP contribution in [0.4, 0.5) is 11.4 Å². The number of amides is 1. The number of hydrogen-bond acceptors (Lipinski definition) is 6. The van der Waals surface area contributed by atoms with E-state index in [4.69, 9.17) is 14.2 Å². The lowest BCUT2D eigenvalue weighted by Gasteiger charge is -2.13. The number of nitrogens with one attached hydrogen (secondary N) is 1. The molecule has 0 aliphatic heterocycles. The molecule has 0 atom stereocenters. The molecule has 2 aromatic rings. The number of carbonyl (C=O) groups is 2. The summed E-state index contributed by atoms with van der Waals surface area (Å²) in [5.74, 6) is 0.165. The quantitative estimate of drug-likeness (QED) is 0.557. The van der Waals surface area contributed by atoms with Gasteiger partial charge in [0.25, 0.3) is 5.91 Å². The fourth-order valence-corrected chi connectivity index (χ4v) is 2.35. The minimum Gasteiger partial charge on any atom is -0.497 e. The Morgan fingerprint density at radius 1 is 1.04 bits per heavy atom. The number of carbonyl (C=O) groups excluding carboxylic acids is 2. The third kappa shape index (κ3) is 6.05. The normalized spacial score (nSPS) is 10.4. The molecule has 0 spiro atoms. The molecule has 1 N–H and O–H groups in total. The molecule has 0 saturated carbocycles. The van der Waals surface area contributed by atoms with E-state index in [2.05, 4.69) is 5.32 Å². The summed E-state index contributed by atoms with van der Waals surface area (Å²) >= 11 is 0. The molecule has 2 aromatic carbocycles. The van der Waals surface area contributed by atoms with Crippen LogP contribution in [-0.2, 0) is 14.3 Å². The monoisotopic (exact) mass is 384 g/mol. The van der Waals surface area contributed by atoms with Gasteiger partial charge in [0.1, 0.15) is 11.5 Å². The number of esters is 1. The van der Waals surface area contributed by atoms with Crippen molar-refractivity contribution in [2.24, 2.45) is 0 Å². The van der Waals surface area contributed by atoms with Crippen molar-refractivity contribution in [3.63, 3.8) is 0 Å². The molecule has 2 rings (SSSR count). The van der Waals surface area contributed by atoms with Crippen LogP contribution in [-0.4, -0.2) is 46.8 Å². The van der Waals surface area contributed by atoms with Crippen molar-refractivity contribution >= 4 is 29.3 Å². The van der Waals surface area contributed by atoms with E-state index in [-0.39, 0.29) is 6.61 Å². The zero-order valence-electron chi connectivity index (χ0n) is 16.4. The second kappa shape index (κ2) is 10.0. The Morgan fingerprint density at radius 2 is 1.75 bits per heavy atom. The van der Waals surface area contributed by atoms with Crippen LogP contribution in [0.2, 0.25) is 0 Å². The summed E-state index contributed by atoms with van der Waals surface area (Å²) in [7, 11) is 6.95. The van der Waals surface area contributed by atoms with Gasteiger partial charge in [-0.05, 0) is 48.5 Å². The van der Waals surface area contributed by atoms with E-state index in [0.717, 1.165) is 5.69 Å². The van der Waals surface area contributed by atoms with Gasteiger partial charge in [-0.3, -0.25) is 4.79 Å². The predicted molar refractivity (Wildman–Crippen MR) is 109 cm³/mol. The molecule has 0 fully saturated rings. The first-order valence-corrected chi connectivity index (χ1v) is 8.57. The molecule has 148 valence electrons. The Hall–Kier alpha value is -3.48. The first-order valence-electron chi connectivity index (χ1n) is 8.57. The van der Waals surface area contributed by atoms with Gasteiger partial charge >= 0.3 is 5.97 Å². The molecule has 1 amide bonds. The second-order valence-corrected chi connectivity index (χ2v) is 6.04. The fourth-order valence-electron chi connectivity index (χ4n) is 2.35. The summed E-state index contributed by atoms with van der Waals surface area (Å²) in [5.41, 5.74) is 2.30. The number of nitrogens with zero attached hydrogens (tertiary/aromatic N) is 1. The Balaban J connectivity index is 1.88. The van der Waals surface area contributed by atoms with Crippen molar-refractivity contribution in [3.05, 3.63) is 54.1 Å². The number of ether oxygens (including phenoxy) is 3. The van der Waals surface area contributed by atoms with Gasteiger partial charge in [-0.25, -0.2) is 4.79 Å². The molecule has 0 aliphatic carbocycles. The maximum Gasteiger partial charge on any atom is 0.331 e. The largest absolute Gasteiger partial charge is 0.497 e. The van der Waals surface area contributed by atoms with Gasteiger partial charge in [0.2, 0.25) is 0 Å². The molecule has 0 radical (unpaired) electrons. The maximum absolute atomic E-state index is 11.9. The highest BCUT2D eigenvalue weighted by atomic mass is 16.5. The minimum atomic E-state index is -0.636. The van der Waals surface area contributed by atoms with E-state index in [1.54, 1.807) is 43.5 Å².